The molecule has 0 spiro atoms. The molecule has 0 N–H and O–H groups in total. The smallest absolute Gasteiger partial charge is 0.274 e. The minimum Gasteiger partial charge on any atom is -0.381 e. The fraction of sp³-hybridized carbons (Fsp3) is 0.500. The first kappa shape index (κ1) is 17.7. The van der Waals surface area contributed by atoms with Crippen molar-refractivity contribution in [2.24, 2.45) is 13.0 Å². The predicted molar refractivity (Wildman–Crippen MR) is 98.5 cm³/mol. The second-order valence-corrected chi connectivity index (χ2v) is 6.82. The van der Waals surface area contributed by atoms with Crippen molar-refractivity contribution in [1.82, 2.24) is 14.7 Å². The third kappa shape index (κ3) is 4.10. The van der Waals surface area contributed by atoms with Crippen molar-refractivity contribution in [2.45, 2.75) is 26.7 Å². The fourth-order valence-electron chi connectivity index (χ4n) is 3.40. The fourth-order valence-corrected chi connectivity index (χ4v) is 3.40. The van der Waals surface area contributed by atoms with Crippen LogP contribution in [0.2, 0.25) is 0 Å². The third-order valence-corrected chi connectivity index (χ3v) is 4.81. The van der Waals surface area contributed by atoms with E-state index in [1.807, 2.05) is 24.9 Å². The number of aromatic nitrogens is 2. The van der Waals surface area contributed by atoms with Gasteiger partial charge in [0, 0.05) is 26.7 Å². The second kappa shape index (κ2) is 7.83. The Morgan fingerprint density at radius 3 is 2.80 bits per heavy atom. The van der Waals surface area contributed by atoms with E-state index in [0.717, 1.165) is 50.4 Å². The van der Waals surface area contributed by atoms with Gasteiger partial charge in [0.2, 0.25) is 0 Å². The summed E-state index contributed by atoms with van der Waals surface area (Å²) in [6.07, 6.45) is 2.15. The molecular formula is C20H27N3O2. The molecule has 25 heavy (non-hydrogen) atoms. The number of piperidine rings is 1. The van der Waals surface area contributed by atoms with Crippen molar-refractivity contribution < 1.29 is 9.53 Å². The molecule has 0 aliphatic carbocycles. The molecule has 1 atom stereocenters. The van der Waals surface area contributed by atoms with Crippen LogP contribution in [0, 0.1) is 12.8 Å². The van der Waals surface area contributed by atoms with Crippen LogP contribution in [0.15, 0.2) is 30.3 Å². The summed E-state index contributed by atoms with van der Waals surface area (Å²) in [5, 5.41) is 4.47. The molecule has 0 radical (unpaired) electrons. The summed E-state index contributed by atoms with van der Waals surface area (Å²) in [6, 6.07) is 10.2. The SMILES string of the molecule is CCOCC1CCCN(C(=O)c2cc(-c3ccc(C)cc3)n(C)n2)C1. The van der Waals surface area contributed by atoms with E-state index >= 15 is 0 Å². The van der Waals surface area contributed by atoms with Crippen molar-refractivity contribution in [2.75, 3.05) is 26.3 Å². The summed E-state index contributed by atoms with van der Waals surface area (Å²) in [5.74, 6) is 0.452. The molecule has 1 aromatic heterocycles. The van der Waals surface area contributed by atoms with E-state index < -0.39 is 0 Å². The molecule has 0 bridgehead atoms. The van der Waals surface area contributed by atoms with Gasteiger partial charge in [-0.3, -0.25) is 9.48 Å². The van der Waals surface area contributed by atoms with Crippen molar-refractivity contribution in [1.29, 1.82) is 0 Å². The van der Waals surface area contributed by atoms with Crippen LogP contribution in [0.1, 0.15) is 35.8 Å². The van der Waals surface area contributed by atoms with Crippen LogP contribution in [0.25, 0.3) is 11.3 Å². The van der Waals surface area contributed by atoms with Crippen molar-refractivity contribution >= 4 is 5.91 Å². The molecule has 1 aliphatic heterocycles. The van der Waals surface area contributed by atoms with Crippen molar-refractivity contribution in [3.8, 4) is 11.3 Å². The topological polar surface area (TPSA) is 47.4 Å². The van der Waals surface area contributed by atoms with Crippen molar-refractivity contribution in [3.05, 3.63) is 41.6 Å². The molecule has 3 rings (SSSR count). The Morgan fingerprint density at radius 1 is 1.32 bits per heavy atom. The van der Waals surface area contributed by atoms with E-state index in [9.17, 15) is 4.79 Å². The maximum absolute atomic E-state index is 12.9. The molecule has 1 aromatic carbocycles. The molecule has 134 valence electrons. The normalized spacial score (nSPS) is 17.7. The first-order chi connectivity index (χ1) is 12.1. The minimum atomic E-state index is 0.0233. The van der Waals surface area contributed by atoms with Crippen LogP contribution in [-0.4, -0.2) is 46.9 Å². The number of hydrogen-bond donors (Lipinski definition) is 0. The molecule has 5 heteroatoms. The molecular weight excluding hydrogens is 314 g/mol. The first-order valence-corrected chi connectivity index (χ1v) is 9.06. The van der Waals surface area contributed by atoms with Gasteiger partial charge in [-0.15, -0.1) is 0 Å². The minimum absolute atomic E-state index is 0.0233. The van der Waals surface area contributed by atoms with Gasteiger partial charge >= 0.3 is 0 Å². The highest BCUT2D eigenvalue weighted by Crippen LogP contribution is 2.23. The highest BCUT2D eigenvalue weighted by atomic mass is 16.5. The number of amides is 1. The van der Waals surface area contributed by atoms with Gasteiger partial charge in [0.15, 0.2) is 5.69 Å². The van der Waals surface area contributed by atoms with E-state index in [2.05, 4.69) is 36.3 Å². The number of benzene rings is 1. The summed E-state index contributed by atoms with van der Waals surface area (Å²) in [7, 11) is 1.89. The zero-order chi connectivity index (χ0) is 17.8. The van der Waals surface area contributed by atoms with Gasteiger partial charge in [-0.05, 0) is 44.2 Å². The Bertz CT molecular complexity index is 721. The second-order valence-electron chi connectivity index (χ2n) is 6.82. The average Bonchev–Trinajstić information content (AvgIpc) is 3.02. The van der Waals surface area contributed by atoms with Gasteiger partial charge in [0.05, 0.1) is 12.3 Å². The highest BCUT2D eigenvalue weighted by molar-refractivity contribution is 5.93. The van der Waals surface area contributed by atoms with Gasteiger partial charge in [0.1, 0.15) is 0 Å². The Balaban J connectivity index is 1.74. The lowest BCUT2D eigenvalue weighted by Gasteiger charge is -2.32. The standard InChI is InChI=1S/C20H27N3O2/c1-4-25-14-16-6-5-11-23(13-16)20(24)18-12-19(22(3)21-18)17-9-7-15(2)8-10-17/h7-10,12,16H,4-6,11,13-14H2,1-3H3. The lowest BCUT2D eigenvalue weighted by Crippen LogP contribution is -2.41. The molecule has 1 aliphatic rings. The third-order valence-electron chi connectivity index (χ3n) is 4.81. The number of rotatable bonds is 5. The van der Waals surface area contributed by atoms with Crippen LogP contribution < -0.4 is 0 Å². The zero-order valence-corrected chi connectivity index (χ0v) is 15.4. The zero-order valence-electron chi connectivity index (χ0n) is 15.4. The van der Waals surface area contributed by atoms with Crippen molar-refractivity contribution in [3.63, 3.8) is 0 Å². The number of hydrogen-bond acceptors (Lipinski definition) is 3. The van der Waals surface area contributed by atoms with Crippen LogP contribution >= 0.6 is 0 Å². The predicted octanol–water partition coefficient (Wildman–Crippen LogP) is 3.28. The Hall–Kier alpha value is -2.14. The van der Waals surface area contributed by atoms with Crippen LogP contribution in [-0.2, 0) is 11.8 Å². The molecule has 2 aromatic rings. The van der Waals surface area contributed by atoms with E-state index in [4.69, 9.17) is 4.74 Å². The van der Waals surface area contributed by atoms with Gasteiger partial charge < -0.3 is 9.64 Å². The monoisotopic (exact) mass is 341 g/mol. The Kier molecular flexibility index (Phi) is 5.53. The number of likely N-dealkylation sites (tertiary alicyclic amines) is 1. The first-order valence-electron chi connectivity index (χ1n) is 9.06. The summed E-state index contributed by atoms with van der Waals surface area (Å²) in [5.41, 5.74) is 3.78. The van der Waals surface area contributed by atoms with Gasteiger partial charge in [-0.2, -0.15) is 5.10 Å². The van der Waals surface area contributed by atoms with E-state index in [-0.39, 0.29) is 5.91 Å². The number of carbonyl (C=O) groups is 1. The number of nitrogens with zero attached hydrogens (tertiary/aromatic N) is 3. The molecule has 5 nitrogen and oxygen atoms in total. The number of ether oxygens (including phenoxy) is 1. The van der Waals surface area contributed by atoms with Gasteiger partial charge in [-0.25, -0.2) is 0 Å². The number of carbonyl (C=O) groups excluding carboxylic acids is 1. The lowest BCUT2D eigenvalue weighted by molar-refractivity contribution is 0.0496. The van der Waals surface area contributed by atoms with E-state index in [0.29, 0.717) is 11.6 Å². The molecule has 1 unspecified atom stereocenters. The maximum atomic E-state index is 12.9. The molecule has 1 fully saturated rings. The summed E-state index contributed by atoms with van der Waals surface area (Å²) in [4.78, 5) is 14.8. The van der Waals surface area contributed by atoms with Crippen LogP contribution in [0.5, 0.6) is 0 Å². The largest absolute Gasteiger partial charge is 0.381 e. The average molecular weight is 341 g/mol. The lowest BCUT2D eigenvalue weighted by atomic mass is 9.98. The molecule has 0 saturated carbocycles. The van der Waals surface area contributed by atoms with E-state index in [1.165, 1.54) is 5.56 Å². The summed E-state index contributed by atoms with van der Waals surface area (Å²) in [6.45, 7) is 7.10. The summed E-state index contributed by atoms with van der Waals surface area (Å²) >= 11 is 0. The van der Waals surface area contributed by atoms with E-state index in [1.54, 1.807) is 4.68 Å². The van der Waals surface area contributed by atoms with Crippen LogP contribution in [0.4, 0.5) is 0 Å². The molecule has 1 amide bonds. The maximum Gasteiger partial charge on any atom is 0.274 e. The van der Waals surface area contributed by atoms with Crippen LogP contribution in [0.3, 0.4) is 0 Å². The summed E-state index contributed by atoms with van der Waals surface area (Å²) < 4.78 is 7.33. The Morgan fingerprint density at radius 2 is 2.08 bits per heavy atom. The number of aryl methyl sites for hydroxylation is 2. The van der Waals surface area contributed by atoms with Gasteiger partial charge in [0.25, 0.3) is 5.91 Å². The highest BCUT2D eigenvalue weighted by Gasteiger charge is 2.26. The Labute approximate surface area is 149 Å². The molecule has 1 saturated heterocycles. The molecule has 2 heterocycles. The van der Waals surface area contributed by atoms with Gasteiger partial charge in [-0.1, -0.05) is 29.8 Å². The quantitative estimate of drug-likeness (QED) is 0.838.